The molecule has 6 heteroatoms. The molecule has 3 rings (SSSR count). The van der Waals surface area contributed by atoms with E-state index in [1.807, 2.05) is 55.6 Å². The number of aromatic nitrogens is 1. The number of anilines is 1. The minimum atomic E-state index is -0.0342. The molecular weight excluding hydrogens is 340 g/mol. The Labute approximate surface area is 149 Å². The van der Waals surface area contributed by atoms with Crippen LogP contribution in [0.3, 0.4) is 0 Å². The van der Waals surface area contributed by atoms with E-state index in [9.17, 15) is 4.79 Å². The molecule has 24 heavy (non-hydrogen) atoms. The predicted octanol–water partition coefficient (Wildman–Crippen LogP) is 4.60. The number of hydrogen-bond donors (Lipinski definition) is 1. The summed E-state index contributed by atoms with van der Waals surface area (Å²) < 4.78 is 7.52. The molecule has 2 aromatic carbocycles. The molecule has 1 aromatic heterocycles. The number of carbonyl (C=O) groups is 1. The Morgan fingerprint density at radius 2 is 2.04 bits per heavy atom. The Morgan fingerprint density at radius 3 is 2.75 bits per heavy atom. The van der Waals surface area contributed by atoms with Gasteiger partial charge in [0.25, 0.3) is 0 Å². The van der Waals surface area contributed by atoms with Crippen molar-refractivity contribution in [2.45, 2.75) is 17.7 Å². The second-order valence-electron chi connectivity index (χ2n) is 5.17. The number of benzene rings is 2. The minimum Gasteiger partial charge on any atom is -0.494 e. The molecule has 0 fully saturated rings. The van der Waals surface area contributed by atoms with Crippen LogP contribution in [0.2, 0.25) is 0 Å². The van der Waals surface area contributed by atoms with Crippen LogP contribution in [0.15, 0.2) is 46.8 Å². The van der Waals surface area contributed by atoms with E-state index < -0.39 is 0 Å². The summed E-state index contributed by atoms with van der Waals surface area (Å²) in [6.45, 7) is 2.58. The average Bonchev–Trinajstić information content (AvgIpc) is 2.99. The lowest BCUT2D eigenvalue weighted by Crippen LogP contribution is -2.14. The third kappa shape index (κ3) is 4.07. The molecule has 0 aliphatic heterocycles. The van der Waals surface area contributed by atoms with Gasteiger partial charge in [0, 0.05) is 5.69 Å². The second kappa shape index (κ2) is 7.68. The van der Waals surface area contributed by atoms with Gasteiger partial charge in [-0.15, -0.1) is 11.3 Å². The maximum Gasteiger partial charge on any atom is 0.228 e. The molecule has 0 radical (unpaired) electrons. The highest BCUT2D eigenvalue weighted by atomic mass is 32.2. The van der Waals surface area contributed by atoms with Gasteiger partial charge < -0.3 is 10.1 Å². The standard InChI is InChI=1S/C18H18N2O2S2/c1-3-22-14-7-4-12(5-8-14)10-17(21)19-13-6-9-15-16(11-13)24-18(20-15)23-2/h4-9,11H,3,10H2,1-2H3,(H,19,21). The number of amides is 1. The van der Waals surface area contributed by atoms with Crippen LogP contribution in [0.1, 0.15) is 12.5 Å². The lowest BCUT2D eigenvalue weighted by Gasteiger charge is -2.07. The van der Waals surface area contributed by atoms with E-state index in [4.69, 9.17) is 4.74 Å². The first-order valence-electron chi connectivity index (χ1n) is 7.64. The topological polar surface area (TPSA) is 51.2 Å². The van der Waals surface area contributed by atoms with Gasteiger partial charge in [0.15, 0.2) is 4.34 Å². The normalized spacial score (nSPS) is 10.8. The van der Waals surface area contributed by atoms with Crippen molar-refractivity contribution in [1.29, 1.82) is 0 Å². The SMILES string of the molecule is CCOc1ccc(CC(=O)Nc2ccc3nc(SC)sc3c2)cc1. The molecule has 0 aliphatic rings. The van der Waals surface area contributed by atoms with Crippen molar-refractivity contribution in [3.05, 3.63) is 48.0 Å². The van der Waals surface area contributed by atoms with E-state index in [1.54, 1.807) is 23.1 Å². The molecule has 0 spiro atoms. The lowest BCUT2D eigenvalue weighted by atomic mass is 10.1. The number of nitrogens with one attached hydrogen (secondary N) is 1. The predicted molar refractivity (Wildman–Crippen MR) is 101 cm³/mol. The van der Waals surface area contributed by atoms with Gasteiger partial charge in [0.2, 0.25) is 5.91 Å². The molecule has 1 amide bonds. The first-order valence-corrected chi connectivity index (χ1v) is 9.68. The number of fused-ring (bicyclic) bond motifs is 1. The molecule has 0 saturated carbocycles. The van der Waals surface area contributed by atoms with Crippen LogP contribution in [0, 0.1) is 0 Å². The van der Waals surface area contributed by atoms with Crippen molar-refractivity contribution >= 4 is 44.9 Å². The van der Waals surface area contributed by atoms with Gasteiger partial charge in [-0.1, -0.05) is 23.9 Å². The highest BCUT2D eigenvalue weighted by molar-refractivity contribution is 8.00. The van der Waals surface area contributed by atoms with Gasteiger partial charge in [0.05, 0.1) is 23.2 Å². The largest absolute Gasteiger partial charge is 0.494 e. The maximum absolute atomic E-state index is 12.2. The zero-order chi connectivity index (χ0) is 16.9. The zero-order valence-corrected chi connectivity index (χ0v) is 15.2. The maximum atomic E-state index is 12.2. The fraction of sp³-hybridized carbons (Fsp3) is 0.222. The smallest absolute Gasteiger partial charge is 0.228 e. The van der Waals surface area contributed by atoms with E-state index in [0.29, 0.717) is 13.0 Å². The summed E-state index contributed by atoms with van der Waals surface area (Å²) in [5, 5.41) is 2.95. The highest BCUT2D eigenvalue weighted by Crippen LogP contribution is 2.30. The molecule has 0 saturated heterocycles. The molecule has 0 atom stereocenters. The molecule has 1 N–H and O–H groups in total. The van der Waals surface area contributed by atoms with E-state index in [0.717, 1.165) is 31.6 Å². The molecule has 3 aromatic rings. The summed E-state index contributed by atoms with van der Waals surface area (Å²) >= 11 is 3.27. The molecule has 4 nitrogen and oxygen atoms in total. The van der Waals surface area contributed by atoms with Gasteiger partial charge >= 0.3 is 0 Å². The Bertz CT molecular complexity index is 844. The monoisotopic (exact) mass is 358 g/mol. The number of thiazole rings is 1. The lowest BCUT2D eigenvalue weighted by molar-refractivity contribution is -0.115. The Hall–Kier alpha value is -2.05. The minimum absolute atomic E-state index is 0.0342. The van der Waals surface area contributed by atoms with Gasteiger partial charge in [-0.25, -0.2) is 4.98 Å². The van der Waals surface area contributed by atoms with Crippen LogP contribution in [0.5, 0.6) is 5.75 Å². The molecule has 124 valence electrons. The summed E-state index contributed by atoms with van der Waals surface area (Å²) in [7, 11) is 0. The van der Waals surface area contributed by atoms with Crippen molar-refractivity contribution < 1.29 is 9.53 Å². The molecule has 1 heterocycles. The zero-order valence-electron chi connectivity index (χ0n) is 13.5. The average molecular weight is 358 g/mol. The summed E-state index contributed by atoms with van der Waals surface area (Å²) in [5.74, 6) is 0.787. The third-order valence-electron chi connectivity index (χ3n) is 3.43. The fourth-order valence-electron chi connectivity index (χ4n) is 2.33. The number of hydrogen-bond acceptors (Lipinski definition) is 5. The number of carbonyl (C=O) groups excluding carboxylic acids is 1. The van der Waals surface area contributed by atoms with Crippen LogP contribution < -0.4 is 10.1 Å². The van der Waals surface area contributed by atoms with Crippen molar-refractivity contribution in [2.24, 2.45) is 0 Å². The van der Waals surface area contributed by atoms with Crippen molar-refractivity contribution in [2.75, 3.05) is 18.2 Å². The summed E-state index contributed by atoms with van der Waals surface area (Å²) in [6.07, 6.45) is 2.35. The van der Waals surface area contributed by atoms with Crippen LogP contribution >= 0.6 is 23.1 Å². The quantitative estimate of drug-likeness (QED) is 0.654. The van der Waals surface area contributed by atoms with Crippen LogP contribution in [-0.2, 0) is 11.2 Å². The van der Waals surface area contributed by atoms with Crippen molar-refractivity contribution in [3.8, 4) is 5.75 Å². The first-order chi connectivity index (χ1) is 11.7. The summed E-state index contributed by atoms with van der Waals surface area (Å²) in [4.78, 5) is 16.7. The third-order valence-corrected chi connectivity index (χ3v) is 5.43. The van der Waals surface area contributed by atoms with Crippen LogP contribution in [0.4, 0.5) is 5.69 Å². The Balaban J connectivity index is 1.65. The first kappa shape index (κ1) is 16.8. The van der Waals surface area contributed by atoms with Gasteiger partial charge in [-0.3, -0.25) is 4.79 Å². The van der Waals surface area contributed by atoms with E-state index >= 15 is 0 Å². The van der Waals surface area contributed by atoms with Crippen molar-refractivity contribution in [3.63, 3.8) is 0 Å². The summed E-state index contributed by atoms with van der Waals surface area (Å²) in [5.41, 5.74) is 2.73. The van der Waals surface area contributed by atoms with Gasteiger partial charge in [0.1, 0.15) is 5.75 Å². The molecular formula is C18H18N2O2S2. The van der Waals surface area contributed by atoms with Crippen LogP contribution in [-0.4, -0.2) is 23.8 Å². The van der Waals surface area contributed by atoms with E-state index in [1.165, 1.54) is 0 Å². The van der Waals surface area contributed by atoms with E-state index in [2.05, 4.69) is 10.3 Å². The summed E-state index contributed by atoms with van der Waals surface area (Å²) in [6, 6.07) is 13.4. The van der Waals surface area contributed by atoms with E-state index in [-0.39, 0.29) is 5.91 Å². The number of ether oxygens (including phenoxy) is 1. The number of nitrogens with zero attached hydrogens (tertiary/aromatic N) is 1. The molecule has 0 bridgehead atoms. The molecule has 0 aliphatic carbocycles. The highest BCUT2D eigenvalue weighted by Gasteiger charge is 2.07. The Morgan fingerprint density at radius 1 is 1.25 bits per heavy atom. The van der Waals surface area contributed by atoms with Crippen LogP contribution in [0.25, 0.3) is 10.2 Å². The Kier molecular flexibility index (Phi) is 5.37. The number of rotatable bonds is 6. The van der Waals surface area contributed by atoms with Crippen molar-refractivity contribution in [1.82, 2.24) is 4.98 Å². The second-order valence-corrected chi connectivity index (χ2v) is 7.25. The van der Waals surface area contributed by atoms with Gasteiger partial charge in [-0.2, -0.15) is 0 Å². The van der Waals surface area contributed by atoms with Gasteiger partial charge in [-0.05, 0) is 49.1 Å². The fourth-order valence-corrected chi connectivity index (χ4v) is 3.86. The molecule has 0 unspecified atom stereocenters. The number of thioether (sulfide) groups is 1.